The van der Waals surface area contributed by atoms with Crippen LogP contribution >= 0.6 is 0 Å². The van der Waals surface area contributed by atoms with Gasteiger partial charge in [0.05, 0.1) is 8.07 Å². The minimum atomic E-state index is -1.51. The van der Waals surface area contributed by atoms with E-state index in [1.807, 2.05) is 0 Å². The molecule has 3 aliphatic carbocycles. The minimum absolute atomic E-state index is 0.614. The standard InChI is InChI=1S/C25H26Si/c1-26(2,20-12-6-7-13-20)24-16-15-22-23(24)17-19-11-8-14-21(19)25(22)18-9-4-3-5-10-18/h3-7,9-10,12-13,15-17,20,24H,8,11,14H2,1-2H3. The third-order valence-electron chi connectivity index (χ3n) is 6.73. The molecule has 0 nitrogen and oxygen atoms in total. The van der Waals surface area contributed by atoms with Gasteiger partial charge >= 0.3 is 0 Å². The molecule has 2 aromatic rings. The Labute approximate surface area is 158 Å². The van der Waals surface area contributed by atoms with Gasteiger partial charge in [-0.15, -0.1) is 0 Å². The Bertz CT molecular complexity index is 932. The molecule has 130 valence electrons. The number of hydrogen-bond donors (Lipinski definition) is 0. The number of aryl methyl sites for hydroxylation is 1. The predicted molar refractivity (Wildman–Crippen MR) is 115 cm³/mol. The summed E-state index contributed by atoms with van der Waals surface area (Å²) in [6.45, 7) is 5.13. The van der Waals surface area contributed by atoms with E-state index in [-0.39, 0.29) is 0 Å². The summed E-state index contributed by atoms with van der Waals surface area (Å²) < 4.78 is 0. The van der Waals surface area contributed by atoms with Crippen molar-refractivity contribution in [3.63, 3.8) is 0 Å². The molecule has 0 amide bonds. The van der Waals surface area contributed by atoms with Crippen molar-refractivity contribution in [2.45, 2.75) is 43.4 Å². The van der Waals surface area contributed by atoms with E-state index in [1.165, 1.54) is 36.0 Å². The summed E-state index contributed by atoms with van der Waals surface area (Å²) in [6, 6.07) is 13.6. The van der Waals surface area contributed by atoms with Crippen molar-refractivity contribution >= 4 is 14.1 Å². The fourth-order valence-electron chi connectivity index (χ4n) is 5.24. The molecule has 0 N–H and O–H groups in total. The van der Waals surface area contributed by atoms with Gasteiger partial charge in [-0.25, -0.2) is 0 Å². The zero-order valence-electron chi connectivity index (χ0n) is 15.7. The van der Waals surface area contributed by atoms with Gasteiger partial charge in [-0.1, -0.05) is 85.9 Å². The van der Waals surface area contributed by atoms with Crippen molar-refractivity contribution in [2.75, 3.05) is 0 Å². The van der Waals surface area contributed by atoms with Crippen LogP contribution in [0.15, 0.2) is 66.8 Å². The van der Waals surface area contributed by atoms with Crippen LogP contribution in [0.1, 0.15) is 34.2 Å². The Kier molecular flexibility index (Phi) is 3.68. The SMILES string of the molecule is C[Si](C)(C1C=CC=C1)C1C=Cc2c1cc1c(c2-c2ccccc2)CCC1. The molecule has 0 spiro atoms. The summed E-state index contributed by atoms with van der Waals surface area (Å²) in [4.78, 5) is 0. The molecule has 0 aliphatic heterocycles. The summed E-state index contributed by atoms with van der Waals surface area (Å²) in [7, 11) is -1.51. The van der Waals surface area contributed by atoms with E-state index >= 15 is 0 Å². The maximum Gasteiger partial charge on any atom is 0.0707 e. The molecule has 0 aromatic heterocycles. The first kappa shape index (κ1) is 16.1. The zero-order valence-corrected chi connectivity index (χ0v) is 16.7. The highest BCUT2D eigenvalue weighted by Gasteiger charge is 2.41. The predicted octanol–water partition coefficient (Wildman–Crippen LogP) is 6.70. The van der Waals surface area contributed by atoms with Gasteiger partial charge < -0.3 is 0 Å². The van der Waals surface area contributed by atoms with Crippen molar-refractivity contribution in [2.24, 2.45) is 0 Å². The summed E-state index contributed by atoms with van der Waals surface area (Å²) >= 11 is 0. The van der Waals surface area contributed by atoms with Gasteiger partial charge in [0.15, 0.2) is 0 Å². The molecular weight excluding hydrogens is 328 g/mol. The lowest BCUT2D eigenvalue weighted by atomic mass is 9.89. The zero-order chi connectivity index (χ0) is 17.7. The number of benzene rings is 2. The molecule has 0 radical (unpaired) electrons. The Morgan fingerprint density at radius 3 is 2.46 bits per heavy atom. The fraction of sp³-hybridized carbons (Fsp3) is 0.280. The number of allylic oxidation sites excluding steroid dienone is 5. The minimum Gasteiger partial charge on any atom is -0.0803 e. The van der Waals surface area contributed by atoms with E-state index in [1.54, 1.807) is 16.7 Å². The van der Waals surface area contributed by atoms with E-state index in [0.717, 1.165) is 0 Å². The maximum absolute atomic E-state index is 2.58. The molecule has 0 heterocycles. The van der Waals surface area contributed by atoms with Gasteiger partial charge in [-0.2, -0.15) is 0 Å². The first-order chi connectivity index (χ1) is 12.7. The number of rotatable bonds is 3. The lowest BCUT2D eigenvalue weighted by Crippen LogP contribution is -2.37. The van der Waals surface area contributed by atoms with Gasteiger partial charge in [0.25, 0.3) is 0 Å². The van der Waals surface area contributed by atoms with Gasteiger partial charge in [0.1, 0.15) is 0 Å². The highest BCUT2D eigenvalue weighted by molar-refractivity contribution is 6.81. The first-order valence-corrected chi connectivity index (χ1v) is 13.1. The number of fused-ring (bicyclic) bond motifs is 2. The summed E-state index contributed by atoms with van der Waals surface area (Å²) in [5, 5.41) is 0. The van der Waals surface area contributed by atoms with Crippen LogP contribution in [0.5, 0.6) is 0 Å². The van der Waals surface area contributed by atoms with E-state index in [2.05, 4.69) is 85.9 Å². The van der Waals surface area contributed by atoms with Crippen molar-refractivity contribution in [1.29, 1.82) is 0 Å². The van der Waals surface area contributed by atoms with Gasteiger partial charge in [0, 0.05) is 0 Å². The van der Waals surface area contributed by atoms with Gasteiger partial charge in [-0.3, -0.25) is 0 Å². The molecule has 2 aromatic carbocycles. The second kappa shape index (κ2) is 5.96. The van der Waals surface area contributed by atoms with E-state index in [0.29, 0.717) is 11.1 Å². The monoisotopic (exact) mass is 354 g/mol. The van der Waals surface area contributed by atoms with Crippen LogP contribution in [0.3, 0.4) is 0 Å². The fourth-order valence-corrected chi connectivity index (χ4v) is 8.50. The molecule has 1 heteroatoms. The van der Waals surface area contributed by atoms with Gasteiger partial charge in [0.2, 0.25) is 0 Å². The third kappa shape index (κ3) is 2.34. The maximum atomic E-state index is 2.58. The van der Waals surface area contributed by atoms with Crippen molar-refractivity contribution < 1.29 is 0 Å². The molecule has 3 aliphatic rings. The molecule has 26 heavy (non-hydrogen) atoms. The highest BCUT2D eigenvalue weighted by atomic mass is 28.3. The summed E-state index contributed by atoms with van der Waals surface area (Å²) in [6.07, 6.45) is 18.1. The Morgan fingerprint density at radius 2 is 1.69 bits per heavy atom. The quantitative estimate of drug-likeness (QED) is 0.538. The molecular formula is C25H26Si. The third-order valence-corrected chi connectivity index (χ3v) is 10.9. The smallest absolute Gasteiger partial charge is 0.0707 e. The average molecular weight is 355 g/mol. The molecule has 1 atom stereocenters. The van der Waals surface area contributed by atoms with Crippen molar-refractivity contribution in [1.82, 2.24) is 0 Å². The summed E-state index contributed by atoms with van der Waals surface area (Å²) in [5.74, 6) is 0. The first-order valence-electron chi connectivity index (χ1n) is 9.93. The Hall–Kier alpha value is -2.12. The normalized spacial score (nSPS) is 20.8. The van der Waals surface area contributed by atoms with Gasteiger partial charge in [-0.05, 0) is 63.7 Å². The molecule has 0 saturated heterocycles. The van der Waals surface area contributed by atoms with Crippen LogP contribution < -0.4 is 0 Å². The van der Waals surface area contributed by atoms with E-state index in [9.17, 15) is 0 Å². The van der Waals surface area contributed by atoms with Crippen molar-refractivity contribution in [3.8, 4) is 11.1 Å². The lowest BCUT2D eigenvalue weighted by molar-refractivity contribution is 0.911. The van der Waals surface area contributed by atoms with Crippen LogP contribution in [0.4, 0.5) is 0 Å². The van der Waals surface area contributed by atoms with Crippen LogP contribution in [-0.2, 0) is 12.8 Å². The molecule has 0 bridgehead atoms. The summed E-state index contributed by atoms with van der Waals surface area (Å²) in [5.41, 5.74) is 10.5. The van der Waals surface area contributed by atoms with Crippen LogP contribution in [0, 0.1) is 0 Å². The second-order valence-corrected chi connectivity index (χ2v) is 13.5. The van der Waals surface area contributed by atoms with Crippen LogP contribution in [-0.4, -0.2) is 8.07 Å². The topological polar surface area (TPSA) is 0 Å². The van der Waals surface area contributed by atoms with Crippen molar-refractivity contribution in [3.05, 3.63) is 89.0 Å². The molecule has 1 unspecified atom stereocenters. The highest BCUT2D eigenvalue weighted by Crippen LogP contribution is 2.49. The van der Waals surface area contributed by atoms with Crippen LogP contribution in [0.2, 0.25) is 18.6 Å². The second-order valence-electron chi connectivity index (χ2n) is 8.57. The van der Waals surface area contributed by atoms with E-state index in [4.69, 9.17) is 0 Å². The molecule has 5 rings (SSSR count). The largest absolute Gasteiger partial charge is 0.0803 e. The van der Waals surface area contributed by atoms with Crippen LogP contribution in [0.25, 0.3) is 17.2 Å². The average Bonchev–Trinajstić information content (AvgIpc) is 3.39. The number of hydrogen-bond acceptors (Lipinski definition) is 0. The Balaban J connectivity index is 1.68. The molecule has 0 fully saturated rings. The van der Waals surface area contributed by atoms with E-state index < -0.39 is 8.07 Å². The molecule has 0 saturated carbocycles. The lowest BCUT2D eigenvalue weighted by Gasteiger charge is -2.34. The Morgan fingerprint density at radius 1 is 0.923 bits per heavy atom.